The third-order valence-corrected chi connectivity index (χ3v) is 5.22. The van der Waals surface area contributed by atoms with Gasteiger partial charge in [-0.15, -0.1) is 0 Å². The van der Waals surface area contributed by atoms with E-state index in [1.165, 1.54) is 14.2 Å². The Hall–Kier alpha value is -2.02. The first kappa shape index (κ1) is 16.8. The molecule has 126 valence electrons. The van der Waals surface area contributed by atoms with Crippen LogP contribution in [0.2, 0.25) is 5.02 Å². The second-order valence-corrected chi connectivity index (χ2v) is 7.11. The van der Waals surface area contributed by atoms with Crippen molar-refractivity contribution < 1.29 is 22.1 Å². The molecule has 2 aromatic carbocycles. The van der Waals surface area contributed by atoms with Crippen LogP contribution in [-0.2, 0) is 14.9 Å². The van der Waals surface area contributed by atoms with Gasteiger partial charge < -0.3 is 13.7 Å². The Morgan fingerprint density at radius 2 is 1.79 bits per heavy atom. The largest absolute Gasteiger partial charge is 0.493 e. The Bertz CT molecular complexity index is 888. The van der Waals surface area contributed by atoms with Crippen LogP contribution in [0.15, 0.2) is 47.4 Å². The molecule has 2 aromatic rings. The average Bonchev–Trinajstić information content (AvgIpc) is 2.56. The van der Waals surface area contributed by atoms with E-state index in [0.29, 0.717) is 21.9 Å². The zero-order chi connectivity index (χ0) is 17.3. The van der Waals surface area contributed by atoms with E-state index < -0.39 is 16.2 Å². The molecule has 0 fully saturated rings. The Morgan fingerprint density at radius 1 is 1.08 bits per heavy atom. The lowest BCUT2D eigenvalue weighted by Gasteiger charge is -2.24. The average molecular weight is 367 g/mol. The highest BCUT2D eigenvalue weighted by atomic mass is 35.5. The molecule has 0 N–H and O–H groups in total. The molecule has 0 spiro atoms. The van der Waals surface area contributed by atoms with Crippen molar-refractivity contribution in [1.29, 1.82) is 0 Å². The van der Waals surface area contributed by atoms with E-state index in [2.05, 4.69) is 0 Å². The zero-order valence-electron chi connectivity index (χ0n) is 13.0. The van der Waals surface area contributed by atoms with E-state index in [1.807, 2.05) is 0 Å². The first-order chi connectivity index (χ1) is 11.5. The van der Waals surface area contributed by atoms with E-state index in [9.17, 15) is 8.42 Å². The van der Waals surface area contributed by atoms with Gasteiger partial charge in [0.2, 0.25) is 0 Å². The van der Waals surface area contributed by atoms with Crippen LogP contribution in [0.1, 0.15) is 17.2 Å². The molecule has 0 amide bonds. The van der Waals surface area contributed by atoms with Gasteiger partial charge in [0.1, 0.15) is 11.0 Å². The summed E-state index contributed by atoms with van der Waals surface area (Å²) in [5.41, 5.74) is 1.27. The van der Waals surface area contributed by atoms with Gasteiger partial charge in [-0.25, -0.2) is 0 Å². The molecular formula is C17H15ClO5S. The SMILES string of the molecule is COc1cccc2c1OS(=O)(=O)C(C(OC)c1ccc(Cl)cc1)=C2. The summed E-state index contributed by atoms with van der Waals surface area (Å²) in [6, 6.07) is 11.9. The van der Waals surface area contributed by atoms with Crippen LogP contribution in [-0.4, -0.2) is 22.6 Å². The van der Waals surface area contributed by atoms with Crippen LogP contribution < -0.4 is 8.92 Å². The number of benzene rings is 2. The van der Waals surface area contributed by atoms with Crippen molar-refractivity contribution >= 4 is 27.8 Å². The van der Waals surface area contributed by atoms with Gasteiger partial charge in [0.25, 0.3) is 0 Å². The third-order valence-electron chi connectivity index (χ3n) is 3.68. The van der Waals surface area contributed by atoms with Crippen molar-refractivity contribution in [2.45, 2.75) is 6.10 Å². The number of hydrogen-bond acceptors (Lipinski definition) is 5. The lowest BCUT2D eigenvalue weighted by Crippen LogP contribution is -2.22. The van der Waals surface area contributed by atoms with Gasteiger partial charge in [0, 0.05) is 17.7 Å². The molecule has 1 aliphatic heterocycles. The molecule has 0 aromatic heterocycles. The Kier molecular flexibility index (Phi) is 4.54. The highest BCUT2D eigenvalue weighted by Crippen LogP contribution is 2.42. The summed E-state index contributed by atoms with van der Waals surface area (Å²) in [4.78, 5) is 0.0214. The molecule has 0 aliphatic carbocycles. The van der Waals surface area contributed by atoms with Gasteiger partial charge in [-0.3, -0.25) is 0 Å². The number of hydrogen-bond donors (Lipinski definition) is 0. The second-order valence-electron chi connectivity index (χ2n) is 5.13. The van der Waals surface area contributed by atoms with Crippen LogP contribution in [0, 0.1) is 0 Å². The van der Waals surface area contributed by atoms with Gasteiger partial charge in [-0.05, 0) is 29.8 Å². The number of ether oxygens (including phenoxy) is 2. The fraction of sp³-hybridized carbons (Fsp3) is 0.176. The van der Waals surface area contributed by atoms with Crippen molar-refractivity contribution in [3.8, 4) is 11.5 Å². The van der Waals surface area contributed by atoms with Gasteiger partial charge in [-0.2, -0.15) is 8.42 Å². The third kappa shape index (κ3) is 3.00. The van der Waals surface area contributed by atoms with Gasteiger partial charge in [0.05, 0.1) is 7.11 Å². The fourth-order valence-electron chi connectivity index (χ4n) is 2.54. The van der Waals surface area contributed by atoms with Crippen molar-refractivity contribution in [3.63, 3.8) is 0 Å². The smallest absolute Gasteiger partial charge is 0.338 e. The summed E-state index contributed by atoms with van der Waals surface area (Å²) < 4.78 is 41.0. The van der Waals surface area contributed by atoms with E-state index in [1.54, 1.807) is 48.5 Å². The van der Waals surface area contributed by atoms with E-state index in [0.717, 1.165) is 0 Å². The molecule has 0 saturated carbocycles. The minimum atomic E-state index is -4.02. The molecule has 1 unspecified atom stereocenters. The zero-order valence-corrected chi connectivity index (χ0v) is 14.6. The molecule has 1 atom stereocenters. The van der Waals surface area contributed by atoms with Gasteiger partial charge in [-0.1, -0.05) is 35.9 Å². The van der Waals surface area contributed by atoms with Crippen LogP contribution in [0.4, 0.5) is 0 Å². The molecule has 0 saturated heterocycles. The summed E-state index contributed by atoms with van der Waals surface area (Å²) in [6.45, 7) is 0. The van der Waals surface area contributed by atoms with Crippen LogP contribution in [0.5, 0.6) is 11.5 Å². The Labute approximate surface area is 145 Å². The number of rotatable bonds is 4. The summed E-state index contributed by atoms with van der Waals surface area (Å²) in [5, 5.41) is 0.556. The Balaban J connectivity index is 2.13. The maximum atomic E-state index is 12.6. The summed E-state index contributed by atoms with van der Waals surface area (Å²) in [7, 11) is -1.12. The molecule has 24 heavy (non-hydrogen) atoms. The molecule has 0 radical (unpaired) electrons. The highest BCUT2D eigenvalue weighted by molar-refractivity contribution is 7.91. The molecular weight excluding hydrogens is 352 g/mol. The lowest BCUT2D eigenvalue weighted by molar-refractivity contribution is 0.138. The van der Waals surface area contributed by atoms with Crippen LogP contribution in [0.3, 0.4) is 0 Å². The normalized spacial score (nSPS) is 16.5. The number of halogens is 1. The van der Waals surface area contributed by atoms with Gasteiger partial charge in [0.15, 0.2) is 11.5 Å². The summed E-state index contributed by atoms with van der Waals surface area (Å²) >= 11 is 5.89. The van der Waals surface area contributed by atoms with E-state index in [-0.39, 0.29) is 10.7 Å². The number of fused-ring (bicyclic) bond motifs is 1. The minimum Gasteiger partial charge on any atom is -0.493 e. The summed E-state index contributed by atoms with van der Waals surface area (Å²) in [5.74, 6) is 0.529. The predicted molar refractivity (Wildman–Crippen MR) is 91.7 cm³/mol. The maximum Gasteiger partial charge on any atom is 0.338 e. The fourth-order valence-corrected chi connectivity index (χ4v) is 3.93. The van der Waals surface area contributed by atoms with Crippen molar-refractivity contribution in [1.82, 2.24) is 0 Å². The monoisotopic (exact) mass is 366 g/mol. The molecule has 5 nitrogen and oxygen atoms in total. The Morgan fingerprint density at radius 3 is 2.42 bits per heavy atom. The van der Waals surface area contributed by atoms with Crippen molar-refractivity contribution in [2.24, 2.45) is 0 Å². The highest BCUT2D eigenvalue weighted by Gasteiger charge is 2.35. The number of methoxy groups -OCH3 is 2. The molecule has 1 aliphatic rings. The van der Waals surface area contributed by atoms with Gasteiger partial charge >= 0.3 is 10.1 Å². The number of para-hydroxylation sites is 1. The quantitative estimate of drug-likeness (QED) is 0.770. The van der Waals surface area contributed by atoms with E-state index >= 15 is 0 Å². The van der Waals surface area contributed by atoms with Crippen LogP contribution >= 0.6 is 11.6 Å². The topological polar surface area (TPSA) is 61.8 Å². The standard InChI is InChI=1S/C17H15ClO5S/c1-21-14-5-3-4-12-10-15(24(19,20)23-16(12)14)17(22-2)11-6-8-13(18)9-7-11/h3-10,17H,1-2H3. The minimum absolute atomic E-state index is 0.0214. The van der Waals surface area contributed by atoms with Crippen LogP contribution in [0.25, 0.3) is 6.08 Å². The van der Waals surface area contributed by atoms with Crippen molar-refractivity contribution in [2.75, 3.05) is 14.2 Å². The second kappa shape index (κ2) is 6.47. The molecule has 7 heteroatoms. The maximum absolute atomic E-state index is 12.6. The molecule has 1 heterocycles. The summed E-state index contributed by atoms with van der Waals surface area (Å²) in [6.07, 6.45) is 0.742. The molecule has 3 rings (SSSR count). The van der Waals surface area contributed by atoms with E-state index in [4.69, 9.17) is 25.3 Å². The molecule has 0 bridgehead atoms. The lowest BCUT2D eigenvalue weighted by atomic mass is 10.1. The first-order valence-electron chi connectivity index (χ1n) is 7.07. The van der Waals surface area contributed by atoms with Crippen molar-refractivity contribution in [3.05, 3.63) is 63.5 Å². The first-order valence-corrected chi connectivity index (χ1v) is 8.86. The predicted octanol–water partition coefficient (Wildman–Crippen LogP) is 3.80.